The highest BCUT2D eigenvalue weighted by molar-refractivity contribution is 5.85. The fourth-order valence-corrected chi connectivity index (χ4v) is 2.06. The van der Waals surface area contributed by atoms with Crippen LogP contribution < -0.4 is 14.8 Å². The lowest BCUT2D eigenvalue weighted by atomic mass is 10.1. The highest BCUT2D eigenvalue weighted by Crippen LogP contribution is 2.28. The average Bonchev–Trinajstić information content (AvgIpc) is 2.52. The molecular weight excluding hydrogens is 323 g/mol. The van der Waals surface area contributed by atoms with Crippen LogP contribution in [0, 0.1) is 0 Å². The summed E-state index contributed by atoms with van der Waals surface area (Å²) in [6.45, 7) is 1.55. The molecule has 0 aliphatic rings. The Kier molecular flexibility index (Phi) is 10.4. The number of aromatic nitrogens is 1. The molecule has 1 heterocycles. The van der Waals surface area contributed by atoms with E-state index >= 15 is 0 Å². The SMILES string of the molecule is COc1ccnc(CNCCc2ccccc2)c1OC.Cl.Cl. The van der Waals surface area contributed by atoms with Crippen molar-refractivity contribution in [2.45, 2.75) is 13.0 Å². The van der Waals surface area contributed by atoms with Gasteiger partial charge < -0.3 is 14.8 Å². The van der Waals surface area contributed by atoms with Gasteiger partial charge in [-0.1, -0.05) is 30.3 Å². The summed E-state index contributed by atoms with van der Waals surface area (Å²) >= 11 is 0. The van der Waals surface area contributed by atoms with E-state index in [-0.39, 0.29) is 24.8 Å². The number of methoxy groups -OCH3 is 2. The van der Waals surface area contributed by atoms with Gasteiger partial charge in [0.15, 0.2) is 11.5 Å². The van der Waals surface area contributed by atoms with E-state index in [9.17, 15) is 0 Å². The third-order valence-corrected chi connectivity index (χ3v) is 3.09. The number of hydrogen-bond acceptors (Lipinski definition) is 4. The van der Waals surface area contributed by atoms with Crippen molar-refractivity contribution in [3.05, 3.63) is 53.9 Å². The zero-order valence-electron chi connectivity index (χ0n) is 12.7. The molecule has 0 spiro atoms. The van der Waals surface area contributed by atoms with Crippen molar-refractivity contribution >= 4 is 24.8 Å². The summed E-state index contributed by atoms with van der Waals surface area (Å²) < 4.78 is 10.6. The second kappa shape index (κ2) is 11.1. The topological polar surface area (TPSA) is 43.4 Å². The maximum Gasteiger partial charge on any atom is 0.183 e. The van der Waals surface area contributed by atoms with Crippen molar-refractivity contribution in [3.63, 3.8) is 0 Å². The number of halogens is 2. The highest BCUT2D eigenvalue weighted by Gasteiger charge is 2.10. The number of nitrogens with one attached hydrogen (secondary N) is 1. The number of nitrogens with zero attached hydrogens (tertiary/aromatic N) is 1. The van der Waals surface area contributed by atoms with E-state index in [1.54, 1.807) is 26.5 Å². The zero-order valence-corrected chi connectivity index (χ0v) is 14.4. The zero-order chi connectivity index (χ0) is 14.2. The normalized spacial score (nSPS) is 9.36. The summed E-state index contributed by atoms with van der Waals surface area (Å²) in [4.78, 5) is 4.34. The van der Waals surface area contributed by atoms with Crippen molar-refractivity contribution in [2.24, 2.45) is 0 Å². The van der Waals surface area contributed by atoms with E-state index in [1.807, 2.05) is 6.07 Å². The molecule has 0 saturated carbocycles. The lowest BCUT2D eigenvalue weighted by Gasteiger charge is -2.12. The molecule has 0 radical (unpaired) electrons. The second-order valence-corrected chi connectivity index (χ2v) is 4.41. The first kappa shape index (κ1) is 20.5. The quantitative estimate of drug-likeness (QED) is 0.782. The predicted octanol–water partition coefficient (Wildman–Crippen LogP) is 3.27. The second-order valence-electron chi connectivity index (χ2n) is 4.41. The lowest BCUT2D eigenvalue weighted by Crippen LogP contribution is -2.18. The third kappa shape index (κ3) is 5.72. The van der Waals surface area contributed by atoms with Gasteiger partial charge in [-0.2, -0.15) is 0 Å². The van der Waals surface area contributed by atoms with Gasteiger partial charge in [0.2, 0.25) is 0 Å². The minimum atomic E-state index is 0. The van der Waals surface area contributed by atoms with Crippen LogP contribution >= 0.6 is 24.8 Å². The Morgan fingerprint density at radius 1 is 1.00 bits per heavy atom. The first-order valence-corrected chi connectivity index (χ1v) is 6.65. The molecule has 2 rings (SSSR count). The number of benzene rings is 1. The van der Waals surface area contributed by atoms with Crippen molar-refractivity contribution in [1.82, 2.24) is 10.3 Å². The van der Waals surface area contributed by atoms with Gasteiger partial charge in [-0.05, 0) is 18.5 Å². The van der Waals surface area contributed by atoms with Crippen LogP contribution in [0.5, 0.6) is 11.5 Å². The van der Waals surface area contributed by atoms with Gasteiger partial charge in [0.05, 0.1) is 19.9 Å². The molecule has 0 unspecified atom stereocenters. The molecule has 0 atom stereocenters. The van der Waals surface area contributed by atoms with Crippen LogP contribution in [0.1, 0.15) is 11.3 Å². The highest BCUT2D eigenvalue weighted by atomic mass is 35.5. The maximum absolute atomic E-state index is 5.36. The Hall–Kier alpha value is -1.49. The largest absolute Gasteiger partial charge is 0.493 e. The molecule has 1 aromatic carbocycles. The molecule has 1 aromatic heterocycles. The summed E-state index contributed by atoms with van der Waals surface area (Å²) in [5.41, 5.74) is 2.19. The van der Waals surface area contributed by atoms with E-state index in [2.05, 4.69) is 34.6 Å². The van der Waals surface area contributed by atoms with Gasteiger partial charge in [0.25, 0.3) is 0 Å². The maximum atomic E-state index is 5.36. The molecule has 1 N–H and O–H groups in total. The van der Waals surface area contributed by atoms with E-state index in [4.69, 9.17) is 9.47 Å². The lowest BCUT2D eigenvalue weighted by molar-refractivity contribution is 0.348. The molecule has 22 heavy (non-hydrogen) atoms. The van der Waals surface area contributed by atoms with E-state index < -0.39 is 0 Å². The molecule has 0 bridgehead atoms. The Morgan fingerprint density at radius 3 is 2.36 bits per heavy atom. The molecular formula is C16H22Cl2N2O2. The van der Waals surface area contributed by atoms with Gasteiger partial charge in [0.1, 0.15) is 0 Å². The first-order valence-electron chi connectivity index (χ1n) is 6.65. The van der Waals surface area contributed by atoms with Crippen molar-refractivity contribution < 1.29 is 9.47 Å². The molecule has 0 aliphatic carbocycles. The van der Waals surface area contributed by atoms with Crippen LogP contribution in [0.25, 0.3) is 0 Å². The first-order chi connectivity index (χ1) is 9.85. The van der Waals surface area contributed by atoms with Crippen molar-refractivity contribution in [1.29, 1.82) is 0 Å². The fraction of sp³-hybridized carbons (Fsp3) is 0.312. The van der Waals surface area contributed by atoms with Crippen molar-refractivity contribution in [3.8, 4) is 11.5 Å². The monoisotopic (exact) mass is 344 g/mol. The number of hydrogen-bond donors (Lipinski definition) is 1. The van der Waals surface area contributed by atoms with Gasteiger partial charge in [0, 0.05) is 18.8 Å². The summed E-state index contributed by atoms with van der Waals surface area (Å²) in [5, 5.41) is 3.38. The molecule has 0 aliphatic heterocycles. The molecule has 6 heteroatoms. The number of rotatable bonds is 7. The van der Waals surface area contributed by atoms with Gasteiger partial charge in [-0.3, -0.25) is 4.98 Å². The van der Waals surface area contributed by atoms with Crippen molar-refractivity contribution in [2.75, 3.05) is 20.8 Å². The minimum absolute atomic E-state index is 0. The molecule has 4 nitrogen and oxygen atoms in total. The van der Waals surface area contributed by atoms with Crippen LogP contribution in [0.2, 0.25) is 0 Å². The summed E-state index contributed by atoms with van der Waals surface area (Å²) in [6, 6.07) is 12.2. The summed E-state index contributed by atoms with van der Waals surface area (Å²) in [5.74, 6) is 1.41. The average molecular weight is 345 g/mol. The minimum Gasteiger partial charge on any atom is -0.493 e. The third-order valence-electron chi connectivity index (χ3n) is 3.09. The standard InChI is InChI=1S/C16H20N2O2.2ClH/c1-19-15-9-11-18-14(16(15)20-2)12-17-10-8-13-6-4-3-5-7-13;;/h3-7,9,11,17H,8,10,12H2,1-2H3;2*1H. The molecule has 0 amide bonds. The Balaban J connectivity index is 0.00000220. The van der Waals surface area contributed by atoms with Crippen LogP contribution in [0.3, 0.4) is 0 Å². The Bertz CT molecular complexity index is 539. The van der Waals surface area contributed by atoms with Gasteiger partial charge in [-0.25, -0.2) is 0 Å². The molecule has 2 aromatic rings. The summed E-state index contributed by atoms with van der Waals surface area (Å²) in [7, 11) is 3.26. The Morgan fingerprint density at radius 2 is 1.73 bits per heavy atom. The van der Waals surface area contributed by atoms with Gasteiger partial charge in [-0.15, -0.1) is 24.8 Å². The fourth-order valence-electron chi connectivity index (χ4n) is 2.06. The predicted molar refractivity (Wildman–Crippen MR) is 93.7 cm³/mol. The van der Waals surface area contributed by atoms with Crippen LogP contribution in [0.4, 0.5) is 0 Å². The Labute approximate surface area is 144 Å². The van der Waals surface area contributed by atoms with E-state index in [0.717, 1.165) is 18.7 Å². The van der Waals surface area contributed by atoms with E-state index in [1.165, 1.54) is 5.56 Å². The molecule has 122 valence electrons. The molecule has 0 saturated heterocycles. The van der Waals surface area contributed by atoms with Crippen LogP contribution in [-0.4, -0.2) is 25.7 Å². The molecule has 0 fully saturated rings. The van der Waals surface area contributed by atoms with E-state index in [0.29, 0.717) is 18.0 Å². The number of pyridine rings is 1. The summed E-state index contributed by atoms with van der Waals surface area (Å²) in [6.07, 6.45) is 2.72. The smallest absolute Gasteiger partial charge is 0.183 e. The van der Waals surface area contributed by atoms with Crippen LogP contribution in [0.15, 0.2) is 42.6 Å². The van der Waals surface area contributed by atoms with Crippen LogP contribution in [-0.2, 0) is 13.0 Å². The number of ether oxygens (including phenoxy) is 2. The van der Waals surface area contributed by atoms with Gasteiger partial charge >= 0.3 is 0 Å².